The van der Waals surface area contributed by atoms with E-state index in [4.69, 9.17) is 6.57 Å². The zero-order chi connectivity index (χ0) is 76.7. The molecule has 0 aliphatic heterocycles. The van der Waals surface area contributed by atoms with E-state index in [0.717, 1.165) is 55.0 Å². The fourth-order valence-electron chi connectivity index (χ4n) is 18.6. The van der Waals surface area contributed by atoms with Crippen molar-refractivity contribution in [1.29, 1.82) is 5.26 Å². The normalized spacial score (nSPS) is 11.8. The van der Waals surface area contributed by atoms with Gasteiger partial charge in [-0.25, -0.2) is 4.85 Å². The van der Waals surface area contributed by atoms with E-state index in [-0.39, 0.29) is 0 Å². The predicted molar refractivity (Wildman–Crippen MR) is 480 cm³/mol. The molecule has 24 rings (SSSR count). The number of nitriles is 1. The largest absolute Gasteiger partial charge is 0.344 e. The Hall–Kier alpha value is -15.1. The maximum absolute atomic E-state index is 9.78. The van der Waals surface area contributed by atoms with Crippen LogP contribution in [0.25, 0.3) is 202 Å². The highest BCUT2D eigenvalue weighted by Gasteiger charge is 2.22. The standard InChI is InChI=1S/2C26H17N3.2C26H20N2/c1-27-21-10-7-13-24-26(21)20-9-4-6-12-23(20)29(24)17-14-15-19-18-8-3-5-11-22(18)28(2)25(19)16-17;1-28-23-11-4-2-8-19(23)21-14-13-18(15-25(21)28)29-24-12-5-3-9-20(24)22-10-6-7-17(16-27)26(22)29;1-17-11-14-25-22(15-17)20-8-4-6-10-24(20)28(25)18-12-13-21-19-7-3-5-9-23(19)27(2)26(21)16-18;1-17-11-13-22-20-8-4-6-10-24(20)28(26(22)15-17)18-12-14-21-19-7-3-5-9-23(19)27(2)25(21)16-18/h3-16H,2H3;2-15H,1H3;2*3-16H,1-2H3. The summed E-state index contributed by atoms with van der Waals surface area (Å²) in [5.74, 6) is 0. The summed E-state index contributed by atoms with van der Waals surface area (Å²) in [6.07, 6.45) is 0. The van der Waals surface area contributed by atoms with E-state index in [0.29, 0.717) is 11.3 Å². The Labute approximate surface area is 656 Å². The van der Waals surface area contributed by atoms with Crippen LogP contribution in [-0.4, -0.2) is 36.5 Å². The number of aryl methyl sites for hydroxylation is 6. The smallest absolute Gasteiger partial charge is 0.197 e. The van der Waals surface area contributed by atoms with Crippen molar-refractivity contribution in [2.75, 3.05) is 0 Å². The third-order valence-electron chi connectivity index (χ3n) is 23.9. The summed E-state index contributed by atoms with van der Waals surface area (Å²) in [5, 5.41) is 29.7. The summed E-state index contributed by atoms with van der Waals surface area (Å²) in [4.78, 5) is 3.78. The minimum atomic E-state index is 0.691. The molecule has 0 amide bonds. The van der Waals surface area contributed by atoms with Crippen LogP contribution in [-0.2, 0) is 28.2 Å². The van der Waals surface area contributed by atoms with Gasteiger partial charge in [0, 0.05) is 159 Å². The van der Waals surface area contributed by atoms with Crippen LogP contribution in [0.15, 0.2) is 340 Å². The number of nitrogens with zero attached hydrogens (tertiary/aromatic N) is 10. The zero-order valence-corrected chi connectivity index (χ0v) is 63.8. The summed E-state index contributed by atoms with van der Waals surface area (Å²) < 4.78 is 18.4. The van der Waals surface area contributed by atoms with Crippen molar-refractivity contribution in [3.63, 3.8) is 0 Å². The fraction of sp³-hybridized carbons (Fsp3) is 0.0577. The van der Waals surface area contributed by atoms with E-state index in [2.05, 4.69) is 399 Å². The van der Waals surface area contributed by atoms with Crippen molar-refractivity contribution >= 4 is 180 Å². The van der Waals surface area contributed by atoms with E-state index < -0.39 is 0 Å². The Balaban J connectivity index is 0.0000000955. The highest BCUT2D eigenvalue weighted by Crippen LogP contribution is 2.43. The Kier molecular flexibility index (Phi) is 15.5. The number of benzene rings is 16. The molecule has 0 radical (unpaired) electrons. The third kappa shape index (κ3) is 10.2. The molecule has 16 aromatic carbocycles. The monoisotopic (exact) mass is 1460 g/mol. The van der Waals surface area contributed by atoms with Gasteiger partial charge in [-0.15, -0.1) is 0 Å². The third-order valence-corrected chi connectivity index (χ3v) is 23.9. The SMILES string of the molecule is Cc1ccc2c(c1)c1ccccc1n2-c1ccc2c3ccccc3n(C)c2c1.Cc1ccc2c3ccccc3n(-c3ccc4c5ccccc5n(C)c4c3)c2c1.Cn1c2ccccc2c2ccc(-n3c4ccccc4c4cccc(C#N)c43)cc21.[C-]#[N+]c1cccc2c1c1ccccc1n2-c1ccc2c3ccccc3n(C)c2c1. The average molecular weight is 1460 g/mol. The maximum Gasteiger partial charge on any atom is 0.197 e. The molecule has 10 heteroatoms. The molecule has 0 saturated carbocycles. The van der Waals surface area contributed by atoms with Gasteiger partial charge in [-0.3, -0.25) is 0 Å². The number of hydrogen-bond donors (Lipinski definition) is 0. The molecule has 0 fully saturated rings. The van der Waals surface area contributed by atoms with E-state index in [9.17, 15) is 5.26 Å². The van der Waals surface area contributed by atoms with Crippen LogP contribution >= 0.6 is 0 Å². The number of hydrogen-bond acceptors (Lipinski definition) is 1. The molecular formula is C104H74N10. The summed E-state index contributed by atoms with van der Waals surface area (Å²) in [6.45, 7) is 11.9. The summed E-state index contributed by atoms with van der Waals surface area (Å²) >= 11 is 0. The van der Waals surface area contributed by atoms with Crippen LogP contribution in [0.3, 0.4) is 0 Å². The number of fused-ring (bicyclic) bond motifs is 24. The molecule has 10 nitrogen and oxygen atoms in total. The van der Waals surface area contributed by atoms with Gasteiger partial charge in [0.25, 0.3) is 0 Å². The zero-order valence-electron chi connectivity index (χ0n) is 63.8. The second kappa shape index (κ2) is 26.3. The first-order valence-electron chi connectivity index (χ1n) is 38.7. The summed E-state index contributed by atoms with van der Waals surface area (Å²) in [7, 11) is 8.55. The Morgan fingerprint density at radius 2 is 0.526 bits per heavy atom. The lowest BCUT2D eigenvalue weighted by molar-refractivity contribution is 1.01. The number of para-hydroxylation sites is 9. The Bertz CT molecular complexity index is 8220. The van der Waals surface area contributed by atoms with Gasteiger partial charge in [-0.2, -0.15) is 5.26 Å². The van der Waals surface area contributed by atoms with Gasteiger partial charge in [-0.05, 0) is 152 Å². The molecule has 0 unspecified atom stereocenters. The van der Waals surface area contributed by atoms with Crippen molar-refractivity contribution in [3.05, 3.63) is 368 Å². The first-order valence-corrected chi connectivity index (χ1v) is 38.7. The van der Waals surface area contributed by atoms with Crippen molar-refractivity contribution in [1.82, 2.24) is 36.5 Å². The highest BCUT2D eigenvalue weighted by atomic mass is 15.0. The average Bonchev–Trinajstić information content (AvgIpc) is 1.59. The molecule has 0 aliphatic carbocycles. The van der Waals surface area contributed by atoms with Crippen molar-refractivity contribution < 1.29 is 0 Å². The molecular weight excluding hydrogens is 1390 g/mol. The molecule has 0 bridgehead atoms. The van der Waals surface area contributed by atoms with Gasteiger partial charge >= 0.3 is 0 Å². The van der Waals surface area contributed by atoms with Crippen LogP contribution in [0.1, 0.15) is 16.7 Å². The van der Waals surface area contributed by atoms with Gasteiger partial charge in [0.1, 0.15) is 6.07 Å². The quantitative estimate of drug-likeness (QED) is 0.162. The van der Waals surface area contributed by atoms with Crippen LogP contribution in [0.2, 0.25) is 0 Å². The number of aromatic nitrogens is 8. The predicted octanol–water partition coefficient (Wildman–Crippen LogP) is 26.8. The first-order chi connectivity index (χ1) is 56.0. The van der Waals surface area contributed by atoms with Crippen LogP contribution in [0.5, 0.6) is 0 Å². The first kappa shape index (κ1) is 67.0. The van der Waals surface area contributed by atoms with E-state index in [1.807, 2.05) is 30.3 Å². The van der Waals surface area contributed by atoms with Crippen LogP contribution in [0.4, 0.5) is 5.69 Å². The Morgan fingerprint density at radius 3 is 0.974 bits per heavy atom. The number of rotatable bonds is 4. The highest BCUT2D eigenvalue weighted by molar-refractivity contribution is 6.18. The molecule has 0 saturated heterocycles. The van der Waals surface area contributed by atoms with Gasteiger partial charge in [0.15, 0.2) is 5.69 Å². The maximum atomic E-state index is 9.78. The summed E-state index contributed by atoms with van der Waals surface area (Å²) in [5.41, 5.74) is 27.7. The van der Waals surface area contributed by atoms with Crippen LogP contribution < -0.4 is 0 Å². The second-order valence-electron chi connectivity index (χ2n) is 30.2. The Morgan fingerprint density at radius 1 is 0.237 bits per heavy atom. The van der Waals surface area contributed by atoms with E-state index in [1.54, 1.807) is 0 Å². The molecule has 114 heavy (non-hydrogen) atoms. The van der Waals surface area contributed by atoms with E-state index in [1.165, 1.54) is 153 Å². The van der Waals surface area contributed by atoms with Gasteiger partial charge in [0.2, 0.25) is 0 Å². The van der Waals surface area contributed by atoms with Crippen molar-refractivity contribution in [2.45, 2.75) is 13.8 Å². The van der Waals surface area contributed by atoms with Crippen molar-refractivity contribution in [3.8, 4) is 28.8 Å². The molecule has 8 heterocycles. The molecule has 0 atom stereocenters. The lowest BCUT2D eigenvalue weighted by Crippen LogP contribution is -1.96. The molecule has 0 N–H and O–H groups in total. The van der Waals surface area contributed by atoms with E-state index >= 15 is 0 Å². The van der Waals surface area contributed by atoms with Gasteiger partial charge < -0.3 is 36.5 Å². The van der Waals surface area contributed by atoms with Crippen LogP contribution in [0, 0.1) is 31.8 Å². The minimum Gasteiger partial charge on any atom is -0.344 e. The molecule has 24 aromatic rings. The lowest BCUT2D eigenvalue weighted by atomic mass is 10.1. The van der Waals surface area contributed by atoms with Gasteiger partial charge in [0.05, 0.1) is 72.8 Å². The lowest BCUT2D eigenvalue weighted by Gasteiger charge is -2.10. The summed E-state index contributed by atoms with van der Waals surface area (Å²) in [6, 6.07) is 123. The molecule has 8 aromatic heterocycles. The topological polar surface area (TPSA) is 67.6 Å². The second-order valence-corrected chi connectivity index (χ2v) is 30.2. The molecule has 540 valence electrons. The van der Waals surface area contributed by atoms with Crippen molar-refractivity contribution in [2.24, 2.45) is 28.2 Å². The van der Waals surface area contributed by atoms with Gasteiger partial charge in [-0.1, -0.05) is 218 Å². The fourth-order valence-corrected chi connectivity index (χ4v) is 18.6. The minimum absolute atomic E-state index is 0.691. The molecule has 0 spiro atoms. The molecule has 0 aliphatic rings.